The molecule has 3 N–H and O–H groups in total. The fraction of sp³-hybridized carbons (Fsp3) is 0.583. The number of aromatic nitrogens is 2. The lowest BCUT2D eigenvalue weighted by molar-refractivity contribution is 0.841. The highest BCUT2D eigenvalue weighted by Gasteiger charge is 2.13. The molecular formula is C12H19N5. The van der Waals surface area contributed by atoms with Crippen LogP contribution in [0.25, 0.3) is 0 Å². The molecule has 1 rings (SSSR count). The van der Waals surface area contributed by atoms with Crippen LogP contribution in [0.2, 0.25) is 0 Å². The van der Waals surface area contributed by atoms with Crippen molar-refractivity contribution in [3.05, 3.63) is 16.8 Å². The minimum Gasteiger partial charge on any atom is -0.367 e. The van der Waals surface area contributed by atoms with E-state index in [0.29, 0.717) is 24.5 Å². The van der Waals surface area contributed by atoms with Crippen LogP contribution in [0.5, 0.6) is 0 Å². The third kappa shape index (κ3) is 3.14. The van der Waals surface area contributed by atoms with Gasteiger partial charge in [-0.05, 0) is 31.4 Å². The van der Waals surface area contributed by atoms with Gasteiger partial charge in [0.1, 0.15) is 11.6 Å². The highest BCUT2D eigenvalue weighted by atomic mass is 15.2. The first-order valence-electron chi connectivity index (χ1n) is 6.00. The summed E-state index contributed by atoms with van der Waals surface area (Å²) in [5, 5.41) is 20.6. The van der Waals surface area contributed by atoms with Gasteiger partial charge in [0.2, 0.25) is 0 Å². The zero-order chi connectivity index (χ0) is 12.7. The van der Waals surface area contributed by atoms with E-state index in [-0.39, 0.29) is 0 Å². The van der Waals surface area contributed by atoms with Gasteiger partial charge in [-0.2, -0.15) is 10.4 Å². The van der Waals surface area contributed by atoms with Crippen molar-refractivity contribution in [2.45, 2.75) is 33.1 Å². The number of rotatable bonds is 6. The van der Waals surface area contributed by atoms with E-state index >= 15 is 0 Å². The molecule has 0 aliphatic carbocycles. The number of hydrogen-bond acceptors (Lipinski definition) is 5. The number of anilines is 1. The van der Waals surface area contributed by atoms with Gasteiger partial charge in [-0.25, -0.2) is 0 Å². The molecule has 5 heteroatoms. The summed E-state index contributed by atoms with van der Waals surface area (Å²) < 4.78 is 0. The molecule has 0 saturated heterocycles. The van der Waals surface area contributed by atoms with Gasteiger partial charge in [-0.15, -0.1) is 5.10 Å². The van der Waals surface area contributed by atoms with Crippen LogP contribution in [0.4, 0.5) is 5.82 Å². The fourth-order valence-electron chi connectivity index (χ4n) is 1.73. The van der Waals surface area contributed by atoms with E-state index in [1.807, 2.05) is 13.8 Å². The fourth-order valence-corrected chi connectivity index (χ4v) is 1.73. The van der Waals surface area contributed by atoms with Gasteiger partial charge in [0.15, 0.2) is 5.82 Å². The van der Waals surface area contributed by atoms with Crippen molar-refractivity contribution in [3.63, 3.8) is 0 Å². The van der Waals surface area contributed by atoms with E-state index < -0.39 is 0 Å². The second-order valence-corrected chi connectivity index (χ2v) is 3.74. The SMILES string of the molecule is CCc1nnc(NCCCN)c(C#N)c1CC. The Morgan fingerprint density at radius 2 is 2.06 bits per heavy atom. The smallest absolute Gasteiger partial charge is 0.166 e. The minimum atomic E-state index is 0.579. The van der Waals surface area contributed by atoms with E-state index in [9.17, 15) is 5.26 Å². The van der Waals surface area contributed by atoms with Crippen LogP contribution in [0.15, 0.2) is 0 Å². The lowest BCUT2D eigenvalue weighted by atomic mass is 10.0. The van der Waals surface area contributed by atoms with Crippen LogP contribution in [-0.4, -0.2) is 23.3 Å². The molecule has 0 aliphatic rings. The molecule has 0 unspecified atom stereocenters. The third-order valence-corrected chi connectivity index (χ3v) is 2.63. The van der Waals surface area contributed by atoms with Crippen molar-refractivity contribution in [2.24, 2.45) is 5.73 Å². The van der Waals surface area contributed by atoms with E-state index in [1.165, 1.54) is 0 Å². The van der Waals surface area contributed by atoms with E-state index in [1.54, 1.807) is 0 Å². The van der Waals surface area contributed by atoms with E-state index in [0.717, 1.165) is 30.5 Å². The Morgan fingerprint density at radius 3 is 2.59 bits per heavy atom. The van der Waals surface area contributed by atoms with Crippen molar-refractivity contribution in [3.8, 4) is 6.07 Å². The van der Waals surface area contributed by atoms with Crippen LogP contribution in [0, 0.1) is 11.3 Å². The Labute approximate surface area is 102 Å². The maximum absolute atomic E-state index is 9.22. The molecule has 0 aliphatic heterocycles. The molecule has 1 heterocycles. The maximum Gasteiger partial charge on any atom is 0.166 e. The molecular weight excluding hydrogens is 214 g/mol. The summed E-state index contributed by atoms with van der Waals surface area (Å²) in [6, 6.07) is 2.22. The second kappa shape index (κ2) is 6.81. The third-order valence-electron chi connectivity index (χ3n) is 2.63. The minimum absolute atomic E-state index is 0.579. The summed E-state index contributed by atoms with van der Waals surface area (Å²) in [6.07, 6.45) is 2.45. The Bertz CT molecular complexity index is 408. The van der Waals surface area contributed by atoms with E-state index in [4.69, 9.17) is 5.73 Å². The Hall–Kier alpha value is -1.67. The van der Waals surface area contributed by atoms with Crippen molar-refractivity contribution >= 4 is 5.82 Å². The summed E-state index contributed by atoms with van der Waals surface area (Å²) in [7, 11) is 0. The quantitative estimate of drug-likeness (QED) is 0.722. The van der Waals surface area contributed by atoms with Crippen LogP contribution in [0.3, 0.4) is 0 Å². The molecule has 0 spiro atoms. The topological polar surface area (TPSA) is 87.6 Å². The zero-order valence-electron chi connectivity index (χ0n) is 10.5. The predicted molar refractivity (Wildman–Crippen MR) is 67.7 cm³/mol. The van der Waals surface area contributed by atoms with Crippen molar-refractivity contribution in [1.82, 2.24) is 10.2 Å². The first-order valence-corrected chi connectivity index (χ1v) is 6.00. The average molecular weight is 233 g/mol. The van der Waals surface area contributed by atoms with Crippen molar-refractivity contribution in [1.29, 1.82) is 5.26 Å². The van der Waals surface area contributed by atoms with Gasteiger partial charge in [0.25, 0.3) is 0 Å². The van der Waals surface area contributed by atoms with Crippen LogP contribution in [0.1, 0.15) is 37.1 Å². The second-order valence-electron chi connectivity index (χ2n) is 3.74. The molecule has 92 valence electrons. The number of nitriles is 1. The molecule has 0 aromatic carbocycles. The highest BCUT2D eigenvalue weighted by Crippen LogP contribution is 2.19. The van der Waals surface area contributed by atoms with Crippen LogP contribution < -0.4 is 11.1 Å². The average Bonchev–Trinajstić information content (AvgIpc) is 2.38. The molecule has 0 amide bonds. The van der Waals surface area contributed by atoms with Gasteiger partial charge in [0.05, 0.1) is 5.69 Å². The number of nitrogens with zero attached hydrogens (tertiary/aromatic N) is 3. The normalized spacial score (nSPS) is 10.0. The molecule has 0 bridgehead atoms. The highest BCUT2D eigenvalue weighted by molar-refractivity contribution is 5.56. The molecule has 0 radical (unpaired) electrons. The number of nitrogens with two attached hydrogens (primary N) is 1. The summed E-state index contributed by atoms with van der Waals surface area (Å²) in [5.74, 6) is 0.579. The van der Waals surface area contributed by atoms with Gasteiger partial charge in [-0.3, -0.25) is 0 Å². The molecule has 17 heavy (non-hydrogen) atoms. The van der Waals surface area contributed by atoms with Crippen molar-refractivity contribution < 1.29 is 0 Å². The lowest BCUT2D eigenvalue weighted by Crippen LogP contribution is -2.13. The summed E-state index contributed by atoms with van der Waals surface area (Å²) in [5.41, 5.74) is 7.96. The number of nitrogens with one attached hydrogen (secondary N) is 1. The number of hydrogen-bond donors (Lipinski definition) is 2. The monoisotopic (exact) mass is 233 g/mol. The van der Waals surface area contributed by atoms with Gasteiger partial charge in [0, 0.05) is 6.54 Å². The molecule has 0 fully saturated rings. The molecule has 0 saturated carbocycles. The number of aryl methyl sites for hydroxylation is 1. The first kappa shape index (κ1) is 13.4. The van der Waals surface area contributed by atoms with Crippen molar-refractivity contribution in [2.75, 3.05) is 18.4 Å². The Morgan fingerprint density at radius 1 is 1.29 bits per heavy atom. The summed E-state index contributed by atoms with van der Waals surface area (Å²) in [4.78, 5) is 0. The zero-order valence-corrected chi connectivity index (χ0v) is 10.5. The van der Waals surface area contributed by atoms with Crippen LogP contribution >= 0.6 is 0 Å². The van der Waals surface area contributed by atoms with Gasteiger partial charge in [-0.1, -0.05) is 13.8 Å². The summed E-state index contributed by atoms with van der Waals surface area (Å²) in [6.45, 7) is 5.39. The lowest BCUT2D eigenvalue weighted by Gasteiger charge is -2.11. The summed E-state index contributed by atoms with van der Waals surface area (Å²) >= 11 is 0. The molecule has 1 aromatic heterocycles. The molecule has 5 nitrogen and oxygen atoms in total. The molecule has 1 aromatic rings. The first-order chi connectivity index (χ1) is 8.28. The maximum atomic E-state index is 9.22. The Balaban J connectivity index is 3.02. The van der Waals surface area contributed by atoms with Gasteiger partial charge < -0.3 is 11.1 Å². The molecule has 0 atom stereocenters. The Kier molecular flexibility index (Phi) is 5.37. The largest absolute Gasteiger partial charge is 0.367 e. The van der Waals surface area contributed by atoms with Crippen LogP contribution in [-0.2, 0) is 12.8 Å². The standard InChI is InChI=1S/C12H19N5/c1-3-9-10(8-14)12(15-7-5-6-13)17-16-11(9)4-2/h3-7,13H2,1-2H3,(H,15,17). The van der Waals surface area contributed by atoms with E-state index in [2.05, 4.69) is 21.6 Å². The predicted octanol–water partition coefficient (Wildman–Crippen LogP) is 1.23. The van der Waals surface area contributed by atoms with Gasteiger partial charge >= 0.3 is 0 Å².